The first-order chi connectivity index (χ1) is 9.90. The van der Waals surface area contributed by atoms with Crippen molar-refractivity contribution < 1.29 is 14.7 Å². The van der Waals surface area contributed by atoms with Gasteiger partial charge in [0.1, 0.15) is 12.6 Å². The van der Waals surface area contributed by atoms with Crippen molar-refractivity contribution in [2.75, 3.05) is 11.9 Å². The summed E-state index contributed by atoms with van der Waals surface area (Å²) in [5.41, 5.74) is 1.52. The SMILES string of the molecule is CCC(C)N(CC(=O)O)C(=O)Nc1cccc(C)c1C#N. The summed E-state index contributed by atoms with van der Waals surface area (Å²) in [6.07, 6.45) is 0.639. The Kier molecular flexibility index (Phi) is 5.73. The molecule has 2 N–H and O–H groups in total. The van der Waals surface area contributed by atoms with Gasteiger partial charge >= 0.3 is 12.0 Å². The van der Waals surface area contributed by atoms with Crippen LogP contribution in [0, 0.1) is 18.3 Å². The molecule has 0 aliphatic heterocycles. The Balaban J connectivity index is 3.00. The lowest BCUT2D eigenvalue weighted by molar-refractivity contribution is -0.138. The molecule has 0 saturated carbocycles. The number of nitrogens with zero attached hydrogens (tertiary/aromatic N) is 2. The number of aliphatic carboxylic acids is 1. The largest absolute Gasteiger partial charge is 0.480 e. The average Bonchev–Trinajstić information content (AvgIpc) is 2.44. The van der Waals surface area contributed by atoms with Crippen LogP contribution in [0.5, 0.6) is 0 Å². The molecular formula is C15H19N3O3. The van der Waals surface area contributed by atoms with Gasteiger partial charge in [0.05, 0.1) is 11.3 Å². The van der Waals surface area contributed by atoms with E-state index >= 15 is 0 Å². The normalized spacial score (nSPS) is 11.3. The molecule has 1 rings (SSSR count). The number of benzene rings is 1. The Hall–Kier alpha value is -2.55. The predicted octanol–water partition coefficient (Wildman–Crippen LogP) is 2.58. The van der Waals surface area contributed by atoms with Crippen LogP contribution in [0.2, 0.25) is 0 Å². The maximum absolute atomic E-state index is 12.3. The molecule has 2 amide bonds. The third-order valence-electron chi connectivity index (χ3n) is 3.32. The van der Waals surface area contributed by atoms with Crippen LogP contribution in [0.4, 0.5) is 10.5 Å². The zero-order chi connectivity index (χ0) is 16.0. The minimum Gasteiger partial charge on any atom is -0.480 e. The summed E-state index contributed by atoms with van der Waals surface area (Å²) in [5.74, 6) is -1.07. The standard InChI is InChI=1S/C15H19N3O3/c1-4-11(3)18(9-14(19)20)15(21)17-13-7-5-6-10(2)12(13)8-16/h5-7,11H,4,9H2,1-3H3,(H,17,21)(H,19,20). The molecule has 0 aliphatic carbocycles. The first-order valence-corrected chi connectivity index (χ1v) is 6.69. The molecule has 0 aliphatic rings. The van der Waals surface area contributed by atoms with Gasteiger partial charge in [-0.25, -0.2) is 4.79 Å². The topological polar surface area (TPSA) is 93.4 Å². The number of hydrogen-bond acceptors (Lipinski definition) is 3. The number of carboxylic acid groups (broad SMARTS) is 1. The second-order valence-corrected chi connectivity index (χ2v) is 4.82. The molecule has 1 aromatic carbocycles. The third-order valence-corrected chi connectivity index (χ3v) is 3.32. The van der Waals surface area contributed by atoms with E-state index in [4.69, 9.17) is 10.4 Å². The lowest BCUT2D eigenvalue weighted by Crippen LogP contribution is -2.44. The van der Waals surface area contributed by atoms with Gasteiger partial charge in [-0.05, 0) is 31.9 Å². The minimum atomic E-state index is -1.07. The Morgan fingerprint density at radius 1 is 1.48 bits per heavy atom. The number of hydrogen-bond donors (Lipinski definition) is 2. The summed E-state index contributed by atoms with van der Waals surface area (Å²) >= 11 is 0. The van der Waals surface area contributed by atoms with Crippen LogP contribution in [0.15, 0.2) is 18.2 Å². The number of amides is 2. The van der Waals surface area contributed by atoms with Crippen molar-refractivity contribution in [3.05, 3.63) is 29.3 Å². The Morgan fingerprint density at radius 3 is 2.67 bits per heavy atom. The zero-order valence-electron chi connectivity index (χ0n) is 12.4. The number of nitrogens with one attached hydrogen (secondary N) is 1. The van der Waals surface area contributed by atoms with Gasteiger partial charge in [0.25, 0.3) is 0 Å². The van der Waals surface area contributed by atoms with E-state index in [1.165, 1.54) is 4.90 Å². The third kappa shape index (κ3) is 4.21. The molecule has 0 fully saturated rings. The molecule has 0 bridgehead atoms. The van der Waals surface area contributed by atoms with Gasteiger partial charge in [-0.1, -0.05) is 19.1 Å². The average molecular weight is 289 g/mol. The summed E-state index contributed by atoms with van der Waals surface area (Å²) in [7, 11) is 0. The Bertz CT molecular complexity index is 578. The quantitative estimate of drug-likeness (QED) is 0.871. The smallest absolute Gasteiger partial charge is 0.323 e. The maximum Gasteiger partial charge on any atom is 0.323 e. The van der Waals surface area contributed by atoms with Crippen molar-refractivity contribution in [3.8, 4) is 6.07 Å². The molecule has 6 nitrogen and oxygen atoms in total. The number of carbonyl (C=O) groups is 2. The molecule has 0 saturated heterocycles. The molecule has 21 heavy (non-hydrogen) atoms. The van der Waals surface area contributed by atoms with Crippen molar-refractivity contribution in [1.82, 2.24) is 4.90 Å². The zero-order valence-corrected chi connectivity index (χ0v) is 12.4. The van der Waals surface area contributed by atoms with E-state index in [1.54, 1.807) is 32.0 Å². The second kappa shape index (κ2) is 7.29. The number of anilines is 1. The summed E-state index contributed by atoms with van der Waals surface area (Å²) in [5, 5.41) is 20.7. The number of rotatable bonds is 5. The van der Waals surface area contributed by atoms with Gasteiger partial charge in [-0.15, -0.1) is 0 Å². The molecule has 112 valence electrons. The summed E-state index contributed by atoms with van der Waals surface area (Å²) in [6.45, 7) is 5.05. The molecule has 0 radical (unpaired) electrons. The Morgan fingerprint density at radius 2 is 2.14 bits per heavy atom. The molecule has 6 heteroatoms. The molecule has 1 unspecified atom stereocenters. The van der Waals surface area contributed by atoms with Crippen LogP contribution >= 0.6 is 0 Å². The molecule has 0 heterocycles. The van der Waals surface area contributed by atoms with E-state index in [9.17, 15) is 9.59 Å². The van der Waals surface area contributed by atoms with Gasteiger partial charge < -0.3 is 15.3 Å². The van der Waals surface area contributed by atoms with E-state index < -0.39 is 12.0 Å². The van der Waals surface area contributed by atoms with Gasteiger partial charge in [0.15, 0.2) is 0 Å². The van der Waals surface area contributed by atoms with Crippen LogP contribution in [0.25, 0.3) is 0 Å². The van der Waals surface area contributed by atoms with Crippen molar-refractivity contribution in [1.29, 1.82) is 5.26 Å². The minimum absolute atomic E-state index is 0.212. The van der Waals surface area contributed by atoms with Gasteiger partial charge in [0, 0.05) is 6.04 Å². The van der Waals surface area contributed by atoms with E-state index in [0.29, 0.717) is 17.7 Å². The number of nitriles is 1. The maximum atomic E-state index is 12.3. The van der Waals surface area contributed by atoms with Crippen LogP contribution in [-0.2, 0) is 4.79 Å². The van der Waals surface area contributed by atoms with Gasteiger partial charge in [0.2, 0.25) is 0 Å². The second-order valence-electron chi connectivity index (χ2n) is 4.82. The first kappa shape index (κ1) is 16.5. The van der Waals surface area contributed by atoms with Gasteiger partial charge in [-0.2, -0.15) is 5.26 Å². The summed E-state index contributed by atoms with van der Waals surface area (Å²) in [6, 6.07) is 6.44. The molecular weight excluding hydrogens is 270 g/mol. The highest BCUT2D eigenvalue weighted by molar-refractivity contribution is 5.93. The van der Waals surface area contributed by atoms with Crippen LogP contribution in [-0.4, -0.2) is 34.6 Å². The molecule has 0 spiro atoms. The fourth-order valence-corrected chi connectivity index (χ4v) is 1.90. The van der Waals surface area contributed by atoms with E-state index in [0.717, 1.165) is 5.56 Å². The monoisotopic (exact) mass is 289 g/mol. The number of carbonyl (C=O) groups excluding carboxylic acids is 1. The fourth-order valence-electron chi connectivity index (χ4n) is 1.90. The van der Waals surface area contributed by atoms with Crippen molar-refractivity contribution in [2.45, 2.75) is 33.2 Å². The molecule has 1 aromatic rings. The van der Waals surface area contributed by atoms with E-state index in [-0.39, 0.29) is 12.6 Å². The van der Waals surface area contributed by atoms with Crippen LogP contribution in [0.1, 0.15) is 31.4 Å². The first-order valence-electron chi connectivity index (χ1n) is 6.69. The van der Waals surface area contributed by atoms with Crippen molar-refractivity contribution >= 4 is 17.7 Å². The number of aryl methyl sites for hydroxylation is 1. The highest BCUT2D eigenvalue weighted by atomic mass is 16.4. The van der Waals surface area contributed by atoms with Gasteiger partial charge in [-0.3, -0.25) is 4.79 Å². The summed E-state index contributed by atoms with van der Waals surface area (Å²) < 4.78 is 0. The van der Waals surface area contributed by atoms with Crippen molar-refractivity contribution in [3.63, 3.8) is 0 Å². The highest BCUT2D eigenvalue weighted by Gasteiger charge is 2.22. The Labute approximate surface area is 124 Å². The van der Waals surface area contributed by atoms with Crippen molar-refractivity contribution in [2.24, 2.45) is 0 Å². The highest BCUT2D eigenvalue weighted by Crippen LogP contribution is 2.19. The number of urea groups is 1. The lowest BCUT2D eigenvalue weighted by Gasteiger charge is -2.27. The molecule has 0 aromatic heterocycles. The fraction of sp³-hybridized carbons (Fsp3) is 0.400. The van der Waals surface area contributed by atoms with Crippen LogP contribution < -0.4 is 5.32 Å². The lowest BCUT2D eigenvalue weighted by atomic mass is 10.1. The van der Waals surface area contributed by atoms with E-state index in [1.807, 2.05) is 13.0 Å². The van der Waals surface area contributed by atoms with E-state index in [2.05, 4.69) is 5.32 Å². The summed E-state index contributed by atoms with van der Waals surface area (Å²) in [4.78, 5) is 24.4. The number of carboxylic acids is 1. The van der Waals surface area contributed by atoms with Crippen LogP contribution in [0.3, 0.4) is 0 Å². The molecule has 1 atom stereocenters. The predicted molar refractivity (Wildman–Crippen MR) is 79.0 cm³/mol.